The van der Waals surface area contributed by atoms with Crippen LogP contribution < -0.4 is 10.1 Å². The second-order valence-electron chi connectivity index (χ2n) is 7.27. The first-order chi connectivity index (χ1) is 13.8. The quantitative estimate of drug-likeness (QED) is 0.759. The number of anilines is 1. The van der Waals surface area contributed by atoms with Crippen molar-refractivity contribution in [3.63, 3.8) is 0 Å². The first-order valence-corrected chi connectivity index (χ1v) is 9.45. The number of aromatic hydroxyl groups is 1. The molecule has 1 aliphatic heterocycles. The Balaban J connectivity index is 1.87. The van der Waals surface area contributed by atoms with Gasteiger partial charge in [-0.3, -0.25) is 14.6 Å². The fourth-order valence-corrected chi connectivity index (χ4v) is 3.42. The van der Waals surface area contributed by atoms with Crippen LogP contribution in [-0.4, -0.2) is 40.5 Å². The van der Waals surface area contributed by atoms with Crippen LogP contribution in [0.1, 0.15) is 46.9 Å². The van der Waals surface area contributed by atoms with Crippen LogP contribution in [0.15, 0.2) is 37.1 Å². The molecule has 29 heavy (non-hydrogen) atoms. The van der Waals surface area contributed by atoms with Crippen molar-refractivity contribution in [2.45, 2.75) is 32.7 Å². The Hall–Kier alpha value is -3.35. The van der Waals surface area contributed by atoms with E-state index >= 15 is 0 Å². The summed E-state index contributed by atoms with van der Waals surface area (Å²) >= 11 is 0. The molecule has 0 aliphatic carbocycles. The zero-order chi connectivity index (χ0) is 21.1. The van der Waals surface area contributed by atoms with Crippen LogP contribution in [0.25, 0.3) is 0 Å². The largest absolute Gasteiger partial charge is 0.507 e. The number of benzene rings is 1. The van der Waals surface area contributed by atoms with E-state index in [0.29, 0.717) is 30.9 Å². The molecule has 0 fully saturated rings. The number of carbonyl (C=O) groups is 2. The molecule has 0 bridgehead atoms. The number of pyridine rings is 1. The molecule has 0 unspecified atom stereocenters. The molecule has 152 valence electrons. The van der Waals surface area contributed by atoms with Gasteiger partial charge in [-0.1, -0.05) is 20.4 Å². The van der Waals surface area contributed by atoms with Crippen LogP contribution in [0.2, 0.25) is 0 Å². The maximum atomic E-state index is 13.1. The van der Waals surface area contributed by atoms with Gasteiger partial charge in [0.15, 0.2) is 0 Å². The highest BCUT2D eigenvalue weighted by Gasteiger charge is 2.26. The van der Waals surface area contributed by atoms with Gasteiger partial charge in [-0.15, -0.1) is 0 Å². The summed E-state index contributed by atoms with van der Waals surface area (Å²) in [5, 5.41) is 13.1. The number of phenols is 1. The van der Waals surface area contributed by atoms with Gasteiger partial charge in [0.2, 0.25) is 5.91 Å². The summed E-state index contributed by atoms with van der Waals surface area (Å²) in [6, 6.07) is 5.01. The normalized spacial score (nSPS) is 13.0. The average molecular weight is 395 g/mol. The maximum Gasteiger partial charge on any atom is 0.257 e. The summed E-state index contributed by atoms with van der Waals surface area (Å²) in [7, 11) is 1.54. The molecular formula is C22H25N3O4. The summed E-state index contributed by atoms with van der Waals surface area (Å²) in [5.41, 5.74) is 3.43. The molecule has 0 saturated carbocycles. The molecule has 0 saturated heterocycles. The molecule has 0 radical (unpaired) electrons. The number of aromatic nitrogens is 1. The summed E-state index contributed by atoms with van der Waals surface area (Å²) in [4.78, 5) is 30.7. The third kappa shape index (κ3) is 4.23. The predicted molar refractivity (Wildman–Crippen MR) is 110 cm³/mol. The lowest BCUT2D eigenvalue weighted by atomic mass is 9.97. The van der Waals surface area contributed by atoms with Gasteiger partial charge in [0.25, 0.3) is 5.91 Å². The minimum absolute atomic E-state index is 0.104. The fraction of sp³-hybridized carbons (Fsp3) is 0.318. The minimum Gasteiger partial charge on any atom is -0.507 e. The van der Waals surface area contributed by atoms with E-state index in [1.807, 2.05) is 19.9 Å². The monoisotopic (exact) mass is 395 g/mol. The number of nitrogens with zero attached hydrogens (tertiary/aromatic N) is 2. The van der Waals surface area contributed by atoms with E-state index in [0.717, 1.165) is 16.8 Å². The van der Waals surface area contributed by atoms with Crippen molar-refractivity contribution in [3.8, 4) is 11.5 Å². The Morgan fingerprint density at radius 1 is 1.34 bits per heavy atom. The molecule has 0 atom stereocenters. The van der Waals surface area contributed by atoms with Gasteiger partial charge in [-0.25, -0.2) is 0 Å². The number of rotatable bonds is 5. The zero-order valence-corrected chi connectivity index (χ0v) is 16.9. The van der Waals surface area contributed by atoms with Crippen molar-refractivity contribution < 1.29 is 19.4 Å². The predicted octanol–water partition coefficient (Wildman–Crippen LogP) is 3.24. The van der Waals surface area contributed by atoms with Crippen molar-refractivity contribution >= 4 is 17.5 Å². The molecule has 1 aliphatic rings. The van der Waals surface area contributed by atoms with Gasteiger partial charge < -0.3 is 20.1 Å². The highest BCUT2D eigenvalue weighted by Crippen LogP contribution is 2.34. The van der Waals surface area contributed by atoms with E-state index in [1.54, 1.807) is 24.3 Å². The molecule has 1 aromatic heterocycles. The highest BCUT2D eigenvalue weighted by molar-refractivity contribution is 5.99. The number of phenolic OH excluding ortho intramolecular Hbond substituents is 1. The molecule has 2 N–H and O–H groups in total. The standard InChI is InChI=1S/C22H25N3O4/c1-5-21(27)24-15-8-14-12-25(7-6-18(14)23-11-15)22(28)17-9-16(13(2)3)20(29-4)10-19(17)26/h5,8-11,13,26H,1,6-7,12H2,2-4H3,(H,24,27). The van der Waals surface area contributed by atoms with Gasteiger partial charge in [0.05, 0.1) is 24.6 Å². The summed E-state index contributed by atoms with van der Waals surface area (Å²) in [6.45, 7) is 8.29. The molecule has 3 rings (SSSR count). The van der Waals surface area contributed by atoms with Crippen molar-refractivity contribution in [1.29, 1.82) is 0 Å². The van der Waals surface area contributed by atoms with E-state index in [4.69, 9.17) is 4.74 Å². The fourth-order valence-electron chi connectivity index (χ4n) is 3.42. The highest BCUT2D eigenvalue weighted by atomic mass is 16.5. The molecule has 7 nitrogen and oxygen atoms in total. The zero-order valence-electron chi connectivity index (χ0n) is 16.9. The lowest BCUT2D eigenvalue weighted by molar-refractivity contribution is -0.111. The van der Waals surface area contributed by atoms with E-state index in [-0.39, 0.29) is 29.0 Å². The van der Waals surface area contributed by atoms with Crippen LogP contribution in [0, 0.1) is 0 Å². The van der Waals surface area contributed by atoms with E-state index in [1.165, 1.54) is 12.1 Å². The van der Waals surface area contributed by atoms with Crippen molar-refractivity contribution in [1.82, 2.24) is 9.88 Å². The van der Waals surface area contributed by atoms with Gasteiger partial charge in [-0.05, 0) is 35.3 Å². The van der Waals surface area contributed by atoms with Crippen LogP contribution >= 0.6 is 0 Å². The van der Waals surface area contributed by atoms with Crippen LogP contribution in [0.4, 0.5) is 5.69 Å². The van der Waals surface area contributed by atoms with Crippen LogP contribution in [0.5, 0.6) is 11.5 Å². The Bertz CT molecular complexity index is 969. The average Bonchev–Trinajstić information content (AvgIpc) is 2.72. The molecule has 2 heterocycles. The smallest absolute Gasteiger partial charge is 0.257 e. The second kappa shape index (κ2) is 8.34. The second-order valence-corrected chi connectivity index (χ2v) is 7.27. The summed E-state index contributed by atoms with van der Waals surface area (Å²) in [6.07, 6.45) is 3.39. The van der Waals surface area contributed by atoms with Crippen molar-refractivity contribution in [3.05, 3.63) is 59.4 Å². The van der Waals surface area contributed by atoms with E-state index in [2.05, 4.69) is 16.9 Å². The number of ether oxygens (including phenoxy) is 1. The molecule has 7 heteroatoms. The minimum atomic E-state index is -0.320. The van der Waals surface area contributed by atoms with Gasteiger partial charge in [0, 0.05) is 31.3 Å². The molecule has 1 aromatic carbocycles. The number of nitrogens with one attached hydrogen (secondary N) is 1. The maximum absolute atomic E-state index is 13.1. The number of hydrogen-bond donors (Lipinski definition) is 2. The van der Waals surface area contributed by atoms with E-state index in [9.17, 15) is 14.7 Å². The molecule has 2 aromatic rings. The number of amides is 2. The van der Waals surface area contributed by atoms with Gasteiger partial charge in [-0.2, -0.15) is 0 Å². The Morgan fingerprint density at radius 2 is 2.10 bits per heavy atom. The Labute approximate surface area is 170 Å². The van der Waals surface area contributed by atoms with Crippen molar-refractivity contribution in [2.75, 3.05) is 19.0 Å². The lowest BCUT2D eigenvalue weighted by Crippen LogP contribution is -2.36. The van der Waals surface area contributed by atoms with Crippen LogP contribution in [-0.2, 0) is 17.8 Å². The number of methoxy groups -OCH3 is 1. The third-order valence-electron chi connectivity index (χ3n) is 4.98. The Morgan fingerprint density at radius 3 is 2.76 bits per heavy atom. The molecule has 0 spiro atoms. The summed E-state index contributed by atoms with van der Waals surface area (Å²) in [5.74, 6) is 0.0227. The molecule has 2 amide bonds. The summed E-state index contributed by atoms with van der Waals surface area (Å²) < 4.78 is 5.33. The van der Waals surface area contributed by atoms with E-state index < -0.39 is 0 Å². The number of hydrogen-bond acceptors (Lipinski definition) is 5. The van der Waals surface area contributed by atoms with Gasteiger partial charge >= 0.3 is 0 Å². The number of fused-ring (bicyclic) bond motifs is 1. The topological polar surface area (TPSA) is 91.8 Å². The lowest BCUT2D eigenvalue weighted by Gasteiger charge is -2.29. The van der Waals surface area contributed by atoms with Crippen LogP contribution in [0.3, 0.4) is 0 Å². The first kappa shape index (κ1) is 20.4. The SMILES string of the molecule is C=CC(=O)Nc1cnc2c(c1)CN(C(=O)c1cc(C(C)C)c(OC)cc1O)CC2. The Kier molecular flexibility index (Phi) is 5.87. The third-order valence-corrected chi connectivity index (χ3v) is 4.98. The number of carbonyl (C=O) groups excluding carboxylic acids is 2. The first-order valence-electron chi connectivity index (χ1n) is 9.45. The van der Waals surface area contributed by atoms with Crippen molar-refractivity contribution in [2.24, 2.45) is 0 Å². The van der Waals surface area contributed by atoms with Gasteiger partial charge in [0.1, 0.15) is 11.5 Å². The molecular weight excluding hydrogens is 370 g/mol.